The van der Waals surface area contributed by atoms with Gasteiger partial charge < -0.3 is 9.52 Å². The highest BCUT2D eigenvalue weighted by molar-refractivity contribution is 6.33. The van der Waals surface area contributed by atoms with Crippen molar-refractivity contribution in [2.24, 2.45) is 0 Å². The van der Waals surface area contributed by atoms with Gasteiger partial charge in [-0.15, -0.1) is 0 Å². The minimum absolute atomic E-state index is 0.0380. The molecule has 0 aliphatic rings. The lowest BCUT2D eigenvalue weighted by molar-refractivity contribution is -0.137. The zero-order chi connectivity index (χ0) is 16.5. The molecule has 1 aromatic carbocycles. The van der Waals surface area contributed by atoms with Crippen LogP contribution in [0.4, 0.5) is 13.2 Å². The smallest absolute Gasteiger partial charge is 0.416 e. The van der Waals surface area contributed by atoms with Crippen molar-refractivity contribution in [2.75, 3.05) is 0 Å². The summed E-state index contributed by atoms with van der Waals surface area (Å²) >= 11 is 5.91. The molecule has 0 saturated carbocycles. The van der Waals surface area contributed by atoms with Gasteiger partial charge in [0, 0.05) is 11.1 Å². The zero-order valence-corrected chi connectivity index (χ0v) is 12.0. The molecule has 22 heavy (non-hydrogen) atoms. The maximum atomic E-state index is 12.7. The first kappa shape index (κ1) is 16.2. The second-order valence-electron chi connectivity index (χ2n) is 4.53. The van der Waals surface area contributed by atoms with Gasteiger partial charge in [0.1, 0.15) is 11.5 Å². The molecule has 1 heterocycles. The standard InChI is InChI=1S/C15H10ClF3O3/c1-8(14(20)21)6-10-3-5-13(22-10)11-7-9(15(17,18)19)2-4-12(11)16/h2-7H,1H3,(H,20,21)/b8-6+. The van der Waals surface area contributed by atoms with Crippen LogP contribution in [0, 0.1) is 0 Å². The van der Waals surface area contributed by atoms with Crippen LogP contribution in [0.15, 0.2) is 40.3 Å². The molecule has 0 spiro atoms. The highest BCUT2D eigenvalue weighted by atomic mass is 35.5. The fourth-order valence-corrected chi connectivity index (χ4v) is 1.95. The quantitative estimate of drug-likeness (QED) is 0.796. The van der Waals surface area contributed by atoms with Crippen LogP contribution < -0.4 is 0 Å². The minimum Gasteiger partial charge on any atom is -0.478 e. The SMILES string of the molecule is C/C(=C\c1ccc(-c2cc(C(F)(F)F)ccc2Cl)o1)C(=O)O. The van der Waals surface area contributed by atoms with Gasteiger partial charge in [-0.05, 0) is 43.3 Å². The average Bonchev–Trinajstić information content (AvgIpc) is 2.86. The molecule has 116 valence electrons. The summed E-state index contributed by atoms with van der Waals surface area (Å²) in [7, 11) is 0. The zero-order valence-electron chi connectivity index (χ0n) is 11.2. The van der Waals surface area contributed by atoms with Gasteiger partial charge in [-0.3, -0.25) is 0 Å². The van der Waals surface area contributed by atoms with Crippen LogP contribution in [0.25, 0.3) is 17.4 Å². The maximum absolute atomic E-state index is 12.7. The Morgan fingerprint density at radius 1 is 1.27 bits per heavy atom. The molecule has 0 aliphatic heterocycles. The summed E-state index contributed by atoms with van der Waals surface area (Å²) in [4.78, 5) is 10.7. The molecule has 0 atom stereocenters. The van der Waals surface area contributed by atoms with Gasteiger partial charge in [-0.2, -0.15) is 13.2 Å². The van der Waals surface area contributed by atoms with Crippen molar-refractivity contribution < 1.29 is 27.5 Å². The molecular weight excluding hydrogens is 321 g/mol. The maximum Gasteiger partial charge on any atom is 0.416 e. The summed E-state index contributed by atoms with van der Waals surface area (Å²) in [6.07, 6.45) is -3.22. The van der Waals surface area contributed by atoms with Crippen LogP contribution in [-0.4, -0.2) is 11.1 Å². The first-order valence-electron chi connectivity index (χ1n) is 6.07. The van der Waals surface area contributed by atoms with E-state index < -0.39 is 17.7 Å². The average molecular weight is 331 g/mol. The molecule has 2 rings (SSSR count). The molecule has 0 unspecified atom stereocenters. The molecule has 0 saturated heterocycles. The topological polar surface area (TPSA) is 50.4 Å². The predicted octanol–water partition coefficient (Wildman–Crippen LogP) is 5.11. The van der Waals surface area contributed by atoms with E-state index in [1.54, 1.807) is 0 Å². The molecule has 0 radical (unpaired) electrons. The summed E-state index contributed by atoms with van der Waals surface area (Å²) in [5.74, 6) is -0.779. The number of aliphatic carboxylic acids is 1. The molecule has 2 aromatic rings. The number of carboxylic acids is 1. The molecule has 0 aliphatic carbocycles. The Hall–Kier alpha value is -2.21. The third-order valence-corrected chi connectivity index (χ3v) is 3.21. The molecule has 1 aromatic heterocycles. The Kier molecular flexibility index (Phi) is 4.32. The van der Waals surface area contributed by atoms with Gasteiger partial charge in [-0.25, -0.2) is 4.79 Å². The number of hydrogen-bond acceptors (Lipinski definition) is 2. The first-order chi connectivity index (χ1) is 10.2. The molecule has 7 heteroatoms. The lowest BCUT2D eigenvalue weighted by atomic mass is 10.1. The number of rotatable bonds is 3. The highest BCUT2D eigenvalue weighted by Crippen LogP contribution is 2.36. The third-order valence-electron chi connectivity index (χ3n) is 2.88. The Labute approximate surface area is 128 Å². The van der Waals surface area contributed by atoms with Crippen molar-refractivity contribution in [3.05, 3.63) is 52.3 Å². The number of halogens is 4. The van der Waals surface area contributed by atoms with Gasteiger partial charge in [0.2, 0.25) is 0 Å². The number of benzene rings is 1. The van der Waals surface area contributed by atoms with Crippen molar-refractivity contribution in [1.29, 1.82) is 0 Å². The fraction of sp³-hybridized carbons (Fsp3) is 0.133. The Bertz CT molecular complexity index is 745. The number of carboxylic acid groups (broad SMARTS) is 1. The third kappa shape index (κ3) is 3.51. The summed E-state index contributed by atoms with van der Waals surface area (Å²) in [6.45, 7) is 1.38. The second-order valence-corrected chi connectivity index (χ2v) is 4.93. The monoisotopic (exact) mass is 330 g/mol. The van der Waals surface area contributed by atoms with Gasteiger partial charge >= 0.3 is 12.1 Å². The van der Waals surface area contributed by atoms with Crippen molar-refractivity contribution in [3.63, 3.8) is 0 Å². The van der Waals surface area contributed by atoms with Crippen LogP contribution in [-0.2, 0) is 11.0 Å². The van der Waals surface area contributed by atoms with Crippen molar-refractivity contribution in [3.8, 4) is 11.3 Å². The van der Waals surface area contributed by atoms with E-state index in [1.807, 2.05) is 0 Å². The Morgan fingerprint density at radius 3 is 2.55 bits per heavy atom. The minimum atomic E-state index is -4.49. The molecule has 0 bridgehead atoms. The van der Waals surface area contributed by atoms with Crippen molar-refractivity contribution in [1.82, 2.24) is 0 Å². The second kappa shape index (κ2) is 5.88. The Balaban J connectivity index is 2.43. The lowest BCUT2D eigenvalue weighted by Crippen LogP contribution is -2.04. The van der Waals surface area contributed by atoms with Crippen LogP contribution in [0.2, 0.25) is 5.02 Å². The number of alkyl halides is 3. The van der Waals surface area contributed by atoms with Gasteiger partial charge in [-0.1, -0.05) is 11.6 Å². The normalized spacial score (nSPS) is 12.5. The predicted molar refractivity (Wildman–Crippen MR) is 75.4 cm³/mol. The van der Waals surface area contributed by atoms with Crippen LogP contribution in [0.5, 0.6) is 0 Å². The van der Waals surface area contributed by atoms with E-state index in [1.165, 1.54) is 25.1 Å². The summed E-state index contributed by atoms with van der Waals surface area (Å²) in [5.41, 5.74) is -0.720. The molecular formula is C15H10ClF3O3. The van der Waals surface area contributed by atoms with Crippen LogP contribution in [0.3, 0.4) is 0 Å². The van der Waals surface area contributed by atoms with Gasteiger partial charge in [0.05, 0.1) is 10.6 Å². The van der Waals surface area contributed by atoms with E-state index in [9.17, 15) is 18.0 Å². The van der Waals surface area contributed by atoms with E-state index in [-0.39, 0.29) is 27.7 Å². The van der Waals surface area contributed by atoms with E-state index in [4.69, 9.17) is 21.1 Å². The molecule has 3 nitrogen and oxygen atoms in total. The fourth-order valence-electron chi connectivity index (χ4n) is 1.74. The number of furan rings is 1. The highest BCUT2D eigenvalue weighted by Gasteiger charge is 2.31. The summed E-state index contributed by atoms with van der Waals surface area (Å²) in [5, 5.41) is 8.89. The van der Waals surface area contributed by atoms with Crippen molar-refractivity contribution >= 4 is 23.6 Å². The number of hydrogen-bond donors (Lipinski definition) is 1. The lowest BCUT2D eigenvalue weighted by Gasteiger charge is -2.09. The summed E-state index contributed by atoms with van der Waals surface area (Å²) in [6, 6.07) is 5.80. The largest absolute Gasteiger partial charge is 0.478 e. The molecule has 0 fully saturated rings. The van der Waals surface area contributed by atoms with Crippen LogP contribution >= 0.6 is 11.6 Å². The van der Waals surface area contributed by atoms with E-state index in [0.717, 1.165) is 18.2 Å². The summed E-state index contributed by atoms with van der Waals surface area (Å²) < 4.78 is 43.5. The van der Waals surface area contributed by atoms with Crippen molar-refractivity contribution in [2.45, 2.75) is 13.1 Å². The number of carbonyl (C=O) groups is 1. The van der Waals surface area contributed by atoms with E-state index in [2.05, 4.69) is 0 Å². The van der Waals surface area contributed by atoms with E-state index >= 15 is 0 Å². The van der Waals surface area contributed by atoms with Crippen LogP contribution in [0.1, 0.15) is 18.2 Å². The van der Waals surface area contributed by atoms with Gasteiger partial charge in [0.15, 0.2) is 0 Å². The molecule has 1 N–H and O–H groups in total. The molecule has 0 amide bonds. The first-order valence-corrected chi connectivity index (χ1v) is 6.45. The Morgan fingerprint density at radius 2 is 1.95 bits per heavy atom. The van der Waals surface area contributed by atoms with E-state index in [0.29, 0.717) is 0 Å². The van der Waals surface area contributed by atoms with Gasteiger partial charge in [0.25, 0.3) is 0 Å².